The van der Waals surface area contributed by atoms with Crippen molar-refractivity contribution in [1.82, 2.24) is 10.2 Å². The molecule has 2 fully saturated rings. The quantitative estimate of drug-likeness (QED) is 0.589. The minimum absolute atomic E-state index is 0.0286. The van der Waals surface area contributed by atoms with Crippen LogP contribution in [-0.4, -0.2) is 53.7 Å². The highest BCUT2D eigenvalue weighted by atomic mass is 16.5. The maximum absolute atomic E-state index is 12.8. The monoisotopic (exact) mass is 476 g/mol. The molecule has 184 valence electrons. The van der Waals surface area contributed by atoms with E-state index in [9.17, 15) is 14.4 Å². The Morgan fingerprint density at radius 3 is 2.29 bits per heavy atom. The van der Waals surface area contributed by atoms with Gasteiger partial charge in [0, 0.05) is 37.4 Å². The summed E-state index contributed by atoms with van der Waals surface area (Å²) in [6, 6.07) is 16.5. The third-order valence-corrected chi connectivity index (χ3v) is 7.72. The summed E-state index contributed by atoms with van der Waals surface area (Å²) in [6.45, 7) is 1.73. The predicted molar refractivity (Wildman–Crippen MR) is 131 cm³/mol. The number of nitrogens with zero attached hydrogens (tertiary/aromatic N) is 1. The first kappa shape index (κ1) is 23.4. The van der Waals surface area contributed by atoms with Gasteiger partial charge in [-0.05, 0) is 60.3 Å². The third kappa shape index (κ3) is 5.04. The number of rotatable bonds is 8. The topological polar surface area (TPSA) is 95.9 Å². The number of likely N-dealkylation sites (tertiary alicyclic amines) is 1. The van der Waals surface area contributed by atoms with E-state index < -0.39 is 12.1 Å². The number of carboxylic acids is 1. The van der Waals surface area contributed by atoms with Crippen LogP contribution in [0.2, 0.25) is 0 Å². The highest BCUT2D eigenvalue weighted by Crippen LogP contribution is 2.44. The molecule has 1 aliphatic heterocycles. The molecule has 0 spiro atoms. The fraction of sp³-hybridized carbons (Fsp3) is 0.464. The number of nitrogens with one attached hydrogen (secondary N) is 1. The van der Waals surface area contributed by atoms with Crippen LogP contribution in [0.3, 0.4) is 0 Å². The number of amides is 2. The van der Waals surface area contributed by atoms with Gasteiger partial charge in [-0.2, -0.15) is 0 Å². The number of ether oxygens (including phenoxy) is 1. The first-order valence-electron chi connectivity index (χ1n) is 12.6. The summed E-state index contributed by atoms with van der Waals surface area (Å²) < 4.78 is 5.66. The van der Waals surface area contributed by atoms with Crippen LogP contribution >= 0.6 is 0 Å². The van der Waals surface area contributed by atoms with Gasteiger partial charge in [0.15, 0.2) is 0 Å². The third-order valence-electron chi connectivity index (χ3n) is 7.72. The van der Waals surface area contributed by atoms with Gasteiger partial charge < -0.3 is 20.1 Å². The number of carboxylic acid groups (broad SMARTS) is 1. The molecule has 2 N–H and O–H groups in total. The highest BCUT2D eigenvalue weighted by molar-refractivity contribution is 5.80. The standard InChI is InChI=1S/C28H32N2O5/c31-26(32)11-5-6-18-15-30(16-18)27(33)19-12-13-20(14-19)29-28(34)35-17-25-23-9-3-1-7-21(23)22-8-2-4-10-24(22)25/h1-4,7-10,18-20,25H,5-6,11-17H2,(H,29,34)(H,31,32)/t19-,20+/m0/s1. The van der Waals surface area contributed by atoms with E-state index in [1.54, 1.807) is 0 Å². The average Bonchev–Trinajstić information content (AvgIpc) is 3.41. The van der Waals surface area contributed by atoms with Gasteiger partial charge in [0.05, 0.1) is 0 Å². The van der Waals surface area contributed by atoms with Gasteiger partial charge in [0.1, 0.15) is 6.61 Å². The van der Waals surface area contributed by atoms with Gasteiger partial charge in [-0.1, -0.05) is 48.5 Å². The number of aliphatic carboxylic acids is 1. The molecular formula is C28H32N2O5. The summed E-state index contributed by atoms with van der Waals surface area (Å²) in [5.41, 5.74) is 4.77. The Hall–Kier alpha value is -3.35. The summed E-state index contributed by atoms with van der Waals surface area (Å²) in [5.74, 6) is -0.223. The molecule has 5 rings (SSSR count). The lowest BCUT2D eigenvalue weighted by Gasteiger charge is -2.40. The van der Waals surface area contributed by atoms with Crippen LogP contribution in [0.5, 0.6) is 0 Å². The van der Waals surface area contributed by atoms with Crippen molar-refractivity contribution in [1.29, 1.82) is 0 Å². The van der Waals surface area contributed by atoms with Crippen molar-refractivity contribution in [3.05, 3.63) is 59.7 Å². The SMILES string of the molecule is O=C(O)CCCC1CN(C(=O)[C@H]2CC[C@@H](NC(=O)OCC3c4ccccc4-c4ccccc43)C2)C1. The number of fused-ring (bicyclic) bond motifs is 3. The van der Waals surface area contributed by atoms with Crippen LogP contribution in [0, 0.1) is 11.8 Å². The van der Waals surface area contributed by atoms with Crippen molar-refractivity contribution < 1.29 is 24.2 Å². The molecule has 7 heteroatoms. The molecule has 0 bridgehead atoms. The second-order valence-electron chi connectivity index (χ2n) is 10.1. The maximum Gasteiger partial charge on any atom is 0.407 e. The van der Waals surface area contributed by atoms with Crippen molar-refractivity contribution >= 4 is 18.0 Å². The van der Waals surface area contributed by atoms with Crippen LogP contribution < -0.4 is 5.32 Å². The Bertz CT molecular complexity index is 1060. The Morgan fingerprint density at radius 1 is 0.971 bits per heavy atom. The number of carbonyl (C=O) groups is 3. The molecule has 35 heavy (non-hydrogen) atoms. The lowest BCUT2D eigenvalue weighted by atomic mass is 9.92. The molecule has 2 aromatic carbocycles. The Balaban J connectivity index is 1.07. The van der Waals surface area contributed by atoms with E-state index in [4.69, 9.17) is 9.84 Å². The Morgan fingerprint density at radius 2 is 1.63 bits per heavy atom. The van der Waals surface area contributed by atoms with E-state index in [0.29, 0.717) is 18.8 Å². The Labute approximate surface area is 205 Å². The zero-order valence-electron chi connectivity index (χ0n) is 19.8. The molecule has 1 heterocycles. The lowest BCUT2D eigenvalue weighted by molar-refractivity contribution is -0.142. The molecule has 2 amide bonds. The zero-order valence-corrected chi connectivity index (χ0v) is 19.8. The molecule has 1 saturated carbocycles. The maximum atomic E-state index is 12.8. The van der Waals surface area contributed by atoms with Crippen LogP contribution in [-0.2, 0) is 14.3 Å². The van der Waals surface area contributed by atoms with Crippen LogP contribution in [0.4, 0.5) is 4.79 Å². The van der Waals surface area contributed by atoms with Gasteiger partial charge >= 0.3 is 12.1 Å². The van der Waals surface area contributed by atoms with Gasteiger partial charge in [0.2, 0.25) is 5.91 Å². The summed E-state index contributed by atoms with van der Waals surface area (Å²) >= 11 is 0. The van der Waals surface area contributed by atoms with Crippen molar-refractivity contribution in [3.8, 4) is 11.1 Å². The minimum atomic E-state index is -0.766. The highest BCUT2D eigenvalue weighted by Gasteiger charge is 2.38. The van der Waals surface area contributed by atoms with Crippen LogP contribution in [0.1, 0.15) is 55.6 Å². The number of carbonyl (C=O) groups excluding carboxylic acids is 2. The fourth-order valence-corrected chi connectivity index (χ4v) is 5.88. The second kappa shape index (κ2) is 10.1. The summed E-state index contributed by atoms with van der Waals surface area (Å²) in [5, 5.41) is 11.7. The van der Waals surface area contributed by atoms with Crippen molar-refractivity contribution in [2.75, 3.05) is 19.7 Å². The number of hydrogen-bond donors (Lipinski definition) is 2. The van der Waals surface area contributed by atoms with E-state index in [-0.39, 0.29) is 36.8 Å². The van der Waals surface area contributed by atoms with E-state index in [1.165, 1.54) is 22.3 Å². The summed E-state index contributed by atoms with van der Waals surface area (Å²) in [4.78, 5) is 37.9. The molecule has 1 saturated heterocycles. The van der Waals surface area contributed by atoms with E-state index in [0.717, 1.165) is 32.4 Å². The molecule has 0 unspecified atom stereocenters. The molecule has 2 atom stereocenters. The van der Waals surface area contributed by atoms with Crippen LogP contribution in [0.25, 0.3) is 11.1 Å². The number of benzene rings is 2. The van der Waals surface area contributed by atoms with Crippen molar-refractivity contribution in [2.24, 2.45) is 11.8 Å². The van der Waals surface area contributed by atoms with E-state index in [1.807, 2.05) is 29.2 Å². The summed E-state index contributed by atoms with van der Waals surface area (Å²) in [6.07, 6.45) is 3.47. The first-order chi connectivity index (χ1) is 17.0. The molecular weight excluding hydrogens is 444 g/mol. The molecule has 7 nitrogen and oxygen atoms in total. The number of alkyl carbamates (subject to hydrolysis) is 1. The zero-order chi connectivity index (χ0) is 24.4. The second-order valence-corrected chi connectivity index (χ2v) is 10.1. The Kier molecular flexibility index (Phi) is 6.75. The molecule has 2 aliphatic carbocycles. The van der Waals surface area contributed by atoms with Gasteiger partial charge in [-0.15, -0.1) is 0 Å². The lowest BCUT2D eigenvalue weighted by Crippen LogP contribution is -2.51. The van der Waals surface area contributed by atoms with Gasteiger partial charge in [-0.3, -0.25) is 9.59 Å². The molecule has 3 aliphatic rings. The van der Waals surface area contributed by atoms with Crippen LogP contribution in [0.15, 0.2) is 48.5 Å². The molecule has 0 aromatic heterocycles. The molecule has 0 radical (unpaired) electrons. The van der Waals surface area contributed by atoms with Gasteiger partial charge in [0.25, 0.3) is 0 Å². The minimum Gasteiger partial charge on any atom is -0.481 e. The smallest absolute Gasteiger partial charge is 0.407 e. The fourth-order valence-electron chi connectivity index (χ4n) is 5.88. The van der Waals surface area contributed by atoms with Crippen molar-refractivity contribution in [2.45, 2.75) is 50.5 Å². The van der Waals surface area contributed by atoms with E-state index >= 15 is 0 Å². The van der Waals surface area contributed by atoms with E-state index in [2.05, 4.69) is 29.6 Å². The van der Waals surface area contributed by atoms with Crippen molar-refractivity contribution in [3.63, 3.8) is 0 Å². The number of hydrogen-bond acceptors (Lipinski definition) is 4. The van der Waals surface area contributed by atoms with Gasteiger partial charge in [-0.25, -0.2) is 4.79 Å². The first-order valence-corrected chi connectivity index (χ1v) is 12.6. The average molecular weight is 477 g/mol. The normalized spacial score (nSPS) is 21.2. The largest absolute Gasteiger partial charge is 0.481 e. The molecule has 2 aromatic rings. The predicted octanol–water partition coefficient (Wildman–Crippen LogP) is 4.41. The summed E-state index contributed by atoms with van der Waals surface area (Å²) in [7, 11) is 0.